The van der Waals surface area contributed by atoms with Crippen molar-refractivity contribution in [2.24, 2.45) is 17.8 Å². The second-order valence-electron chi connectivity index (χ2n) is 6.25. The van der Waals surface area contributed by atoms with Crippen LogP contribution in [0, 0.1) is 17.8 Å². The number of benzene rings is 1. The Bertz CT molecular complexity index is 608. The number of rotatable bonds is 7. The number of aliphatic carboxylic acids is 1. The summed E-state index contributed by atoms with van der Waals surface area (Å²) in [5, 5.41) is 11.5. The van der Waals surface area contributed by atoms with Crippen LogP contribution in [0.2, 0.25) is 0 Å². The molecule has 0 radical (unpaired) electrons. The number of fused-ring (bicyclic) bond motifs is 2. The molecule has 122 valence electrons. The number of ether oxygens (including phenoxy) is 1. The molecule has 1 fully saturated rings. The maximum atomic E-state index is 12.3. The van der Waals surface area contributed by atoms with Gasteiger partial charge < -0.3 is 15.2 Å². The highest BCUT2D eigenvalue weighted by Gasteiger charge is 2.39. The van der Waals surface area contributed by atoms with E-state index in [0.717, 1.165) is 18.5 Å². The zero-order chi connectivity index (χ0) is 16.2. The first-order valence-corrected chi connectivity index (χ1v) is 8.05. The number of carboxylic acid groups (broad SMARTS) is 1. The van der Waals surface area contributed by atoms with E-state index in [4.69, 9.17) is 9.84 Å². The van der Waals surface area contributed by atoms with Gasteiger partial charge in [0.1, 0.15) is 5.75 Å². The van der Waals surface area contributed by atoms with Gasteiger partial charge in [0.2, 0.25) is 5.91 Å². The lowest BCUT2D eigenvalue weighted by Crippen LogP contribution is -2.25. The Morgan fingerprint density at radius 3 is 2.57 bits per heavy atom. The highest BCUT2D eigenvalue weighted by atomic mass is 16.5. The zero-order valence-electron chi connectivity index (χ0n) is 12.9. The Kier molecular flexibility index (Phi) is 4.65. The smallest absolute Gasteiger partial charge is 0.303 e. The van der Waals surface area contributed by atoms with E-state index in [9.17, 15) is 9.59 Å². The zero-order valence-corrected chi connectivity index (χ0v) is 12.9. The van der Waals surface area contributed by atoms with E-state index in [1.54, 1.807) is 12.1 Å². The summed E-state index contributed by atoms with van der Waals surface area (Å²) in [5.41, 5.74) is 0.764. The molecule has 1 saturated carbocycles. The van der Waals surface area contributed by atoms with Gasteiger partial charge in [-0.1, -0.05) is 12.2 Å². The number of nitrogens with one attached hydrogen (secondary N) is 1. The highest BCUT2D eigenvalue weighted by molar-refractivity contribution is 5.93. The third kappa shape index (κ3) is 3.92. The molecule has 5 heteroatoms. The van der Waals surface area contributed by atoms with E-state index < -0.39 is 5.97 Å². The molecule has 23 heavy (non-hydrogen) atoms. The molecule has 5 nitrogen and oxygen atoms in total. The lowest BCUT2D eigenvalue weighted by molar-refractivity contribution is -0.137. The first kappa shape index (κ1) is 15.6. The van der Waals surface area contributed by atoms with Gasteiger partial charge in [-0.15, -0.1) is 0 Å². The van der Waals surface area contributed by atoms with Gasteiger partial charge >= 0.3 is 5.97 Å². The summed E-state index contributed by atoms with van der Waals surface area (Å²) in [5.74, 6) is 1.03. The van der Waals surface area contributed by atoms with E-state index in [1.807, 2.05) is 12.1 Å². The molecule has 2 aliphatic rings. The molecule has 1 aromatic carbocycles. The fourth-order valence-electron chi connectivity index (χ4n) is 3.37. The molecule has 1 aromatic rings. The quantitative estimate of drug-likeness (QED) is 0.599. The van der Waals surface area contributed by atoms with Crippen LogP contribution in [0.5, 0.6) is 5.75 Å². The summed E-state index contributed by atoms with van der Waals surface area (Å²) in [6.45, 7) is 0.371. The van der Waals surface area contributed by atoms with Crippen molar-refractivity contribution in [3.63, 3.8) is 0 Å². The molecule has 0 aliphatic heterocycles. The van der Waals surface area contributed by atoms with Crippen LogP contribution >= 0.6 is 0 Å². The third-order valence-electron chi connectivity index (χ3n) is 4.54. The molecular formula is C18H21NO4. The molecule has 2 aliphatic carbocycles. The van der Waals surface area contributed by atoms with Gasteiger partial charge in [0.25, 0.3) is 0 Å². The first-order chi connectivity index (χ1) is 11.1. The monoisotopic (exact) mass is 315 g/mol. The predicted molar refractivity (Wildman–Crippen MR) is 86.3 cm³/mol. The first-order valence-electron chi connectivity index (χ1n) is 8.05. The van der Waals surface area contributed by atoms with Crippen molar-refractivity contribution in [1.82, 2.24) is 0 Å². The van der Waals surface area contributed by atoms with Crippen molar-refractivity contribution in [3.05, 3.63) is 36.4 Å². The van der Waals surface area contributed by atoms with Crippen LogP contribution in [-0.4, -0.2) is 23.6 Å². The third-order valence-corrected chi connectivity index (χ3v) is 4.54. The number of carbonyl (C=O) groups excluding carboxylic acids is 1. The largest absolute Gasteiger partial charge is 0.494 e. The fraction of sp³-hybridized carbons (Fsp3) is 0.444. The minimum atomic E-state index is -0.817. The average molecular weight is 315 g/mol. The molecule has 3 rings (SSSR count). The van der Waals surface area contributed by atoms with E-state index in [0.29, 0.717) is 30.6 Å². The van der Waals surface area contributed by atoms with Crippen LogP contribution < -0.4 is 10.1 Å². The second kappa shape index (κ2) is 6.86. The van der Waals surface area contributed by atoms with Crippen molar-refractivity contribution >= 4 is 17.6 Å². The van der Waals surface area contributed by atoms with Crippen LogP contribution in [0.3, 0.4) is 0 Å². The lowest BCUT2D eigenvalue weighted by atomic mass is 9.93. The number of anilines is 1. The van der Waals surface area contributed by atoms with Crippen molar-refractivity contribution in [3.8, 4) is 5.75 Å². The Balaban J connectivity index is 1.46. The fourth-order valence-corrected chi connectivity index (χ4v) is 3.37. The number of carboxylic acids is 1. The van der Waals surface area contributed by atoms with Gasteiger partial charge in [-0.05, 0) is 55.4 Å². The maximum Gasteiger partial charge on any atom is 0.303 e. The number of hydrogen-bond donors (Lipinski definition) is 2. The molecule has 1 amide bonds. The molecule has 2 bridgehead atoms. The number of hydrogen-bond acceptors (Lipinski definition) is 3. The Morgan fingerprint density at radius 1 is 1.17 bits per heavy atom. The number of carbonyl (C=O) groups is 2. The van der Waals surface area contributed by atoms with E-state index in [-0.39, 0.29) is 18.2 Å². The molecule has 0 saturated heterocycles. The van der Waals surface area contributed by atoms with Gasteiger partial charge in [-0.2, -0.15) is 0 Å². The summed E-state index contributed by atoms with van der Waals surface area (Å²) in [6, 6.07) is 7.20. The number of allylic oxidation sites excluding steroid dienone is 2. The maximum absolute atomic E-state index is 12.3. The predicted octanol–water partition coefficient (Wildman–Crippen LogP) is 3.08. The number of amides is 1. The van der Waals surface area contributed by atoms with Crippen LogP contribution in [0.4, 0.5) is 5.69 Å². The second-order valence-corrected chi connectivity index (χ2v) is 6.25. The highest BCUT2D eigenvalue weighted by Crippen LogP contribution is 2.43. The normalized spacial score (nSPS) is 24.6. The molecular weight excluding hydrogens is 294 g/mol. The average Bonchev–Trinajstić information content (AvgIpc) is 3.16. The van der Waals surface area contributed by atoms with Gasteiger partial charge in [-0.3, -0.25) is 9.59 Å². The summed E-state index contributed by atoms with van der Waals surface area (Å²) >= 11 is 0. The topological polar surface area (TPSA) is 75.6 Å². The van der Waals surface area contributed by atoms with Crippen molar-refractivity contribution in [2.45, 2.75) is 25.7 Å². The minimum absolute atomic E-state index is 0.0944. The van der Waals surface area contributed by atoms with E-state index in [1.165, 1.54) is 0 Å². The molecule has 3 atom stereocenters. The summed E-state index contributed by atoms with van der Waals surface area (Å²) in [7, 11) is 0. The van der Waals surface area contributed by atoms with Gasteiger partial charge in [0.05, 0.1) is 6.61 Å². The van der Waals surface area contributed by atoms with Crippen molar-refractivity contribution in [1.29, 1.82) is 0 Å². The van der Waals surface area contributed by atoms with Gasteiger partial charge in [0, 0.05) is 18.0 Å². The standard InChI is InChI=1S/C18H21NO4/c20-17(21)2-1-9-23-15-7-5-14(6-8-15)19-18(22)16-11-12-3-4-13(16)10-12/h3-8,12-13,16H,1-2,9-11H2,(H,19,22)(H,20,21). The lowest BCUT2D eigenvalue weighted by Gasteiger charge is -2.17. The van der Waals surface area contributed by atoms with E-state index in [2.05, 4.69) is 17.5 Å². The molecule has 0 heterocycles. The molecule has 3 unspecified atom stereocenters. The summed E-state index contributed by atoms with van der Waals surface area (Å²) in [4.78, 5) is 22.7. The SMILES string of the molecule is O=C(O)CCCOc1ccc(NC(=O)C2CC3C=CC2C3)cc1. The van der Waals surface area contributed by atoms with Gasteiger partial charge in [-0.25, -0.2) is 0 Å². The molecule has 2 N–H and O–H groups in total. The van der Waals surface area contributed by atoms with Crippen molar-refractivity contribution < 1.29 is 19.4 Å². The van der Waals surface area contributed by atoms with Gasteiger partial charge in [0.15, 0.2) is 0 Å². The van der Waals surface area contributed by atoms with Crippen LogP contribution in [0.1, 0.15) is 25.7 Å². The molecule has 0 aromatic heterocycles. The molecule has 0 spiro atoms. The summed E-state index contributed by atoms with van der Waals surface area (Å²) < 4.78 is 5.47. The Morgan fingerprint density at radius 2 is 1.96 bits per heavy atom. The van der Waals surface area contributed by atoms with Crippen LogP contribution in [0.15, 0.2) is 36.4 Å². The van der Waals surface area contributed by atoms with Crippen LogP contribution in [-0.2, 0) is 9.59 Å². The Labute approximate surface area is 135 Å². The minimum Gasteiger partial charge on any atom is -0.494 e. The van der Waals surface area contributed by atoms with Crippen LogP contribution in [0.25, 0.3) is 0 Å². The van der Waals surface area contributed by atoms with E-state index >= 15 is 0 Å². The Hall–Kier alpha value is -2.30. The summed E-state index contributed by atoms with van der Waals surface area (Å²) in [6.07, 6.45) is 7.05. The van der Waals surface area contributed by atoms with Crippen molar-refractivity contribution in [2.75, 3.05) is 11.9 Å².